The average Bonchev–Trinajstić information content (AvgIpc) is 3.27. The molecule has 3 rings (SSSR count). The first-order chi connectivity index (χ1) is 15.7. The van der Waals surface area contributed by atoms with Crippen LogP contribution in [0.15, 0.2) is 62.5 Å². The smallest absolute Gasteiger partial charge is 0.433 e. The van der Waals surface area contributed by atoms with Crippen LogP contribution in [0.4, 0.5) is 5.88 Å². The van der Waals surface area contributed by atoms with Gasteiger partial charge in [0.1, 0.15) is 16.4 Å². The number of halogens is 1. The van der Waals surface area contributed by atoms with Gasteiger partial charge in [0, 0.05) is 10.0 Å². The van der Waals surface area contributed by atoms with Crippen molar-refractivity contribution in [1.82, 2.24) is 5.43 Å². The average molecular weight is 516 g/mol. The summed E-state index contributed by atoms with van der Waals surface area (Å²) in [5, 5.41) is 14.6. The fourth-order valence-corrected chi connectivity index (χ4v) is 2.94. The number of furan rings is 1. The molecule has 0 saturated carbocycles. The predicted molar refractivity (Wildman–Crippen MR) is 122 cm³/mol. The lowest BCUT2D eigenvalue weighted by atomic mass is 10.1. The zero-order chi connectivity index (χ0) is 24.0. The minimum absolute atomic E-state index is 0.103. The van der Waals surface area contributed by atoms with Gasteiger partial charge in [-0.05, 0) is 61.4 Å². The molecule has 3 aromatic rings. The fourth-order valence-electron chi connectivity index (χ4n) is 2.56. The number of rotatable bonds is 8. The van der Waals surface area contributed by atoms with Crippen molar-refractivity contribution < 1.29 is 28.4 Å². The minimum Gasteiger partial charge on any atom is -0.484 e. The van der Waals surface area contributed by atoms with Crippen molar-refractivity contribution in [2.75, 3.05) is 6.61 Å². The molecule has 0 bridgehead atoms. The molecule has 0 atom stereocenters. The normalized spacial score (nSPS) is 10.8. The van der Waals surface area contributed by atoms with Crippen LogP contribution in [-0.4, -0.2) is 29.6 Å². The van der Waals surface area contributed by atoms with E-state index in [0.29, 0.717) is 15.8 Å². The Labute approximate surface area is 196 Å². The maximum Gasteiger partial charge on any atom is 0.433 e. The van der Waals surface area contributed by atoms with Crippen LogP contribution in [0.3, 0.4) is 0 Å². The molecule has 0 aliphatic carbocycles. The van der Waals surface area contributed by atoms with Crippen LogP contribution in [0, 0.1) is 24.0 Å². The molecule has 0 spiro atoms. The maximum absolute atomic E-state index is 12.3. The van der Waals surface area contributed by atoms with Crippen molar-refractivity contribution in [1.29, 1.82) is 0 Å². The van der Waals surface area contributed by atoms with E-state index < -0.39 is 22.7 Å². The van der Waals surface area contributed by atoms with E-state index in [0.717, 1.165) is 23.3 Å². The van der Waals surface area contributed by atoms with Gasteiger partial charge >= 0.3 is 11.9 Å². The van der Waals surface area contributed by atoms with Crippen molar-refractivity contribution >= 4 is 39.9 Å². The Kier molecular flexibility index (Phi) is 7.57. The van der Waals surface area contributed by atoms with Gasteiger partial charge in [-0.15, -0.1) is 0 Å². The highest BCUT2D eigenvalue weighted by atomic mass is 79.9. The topological polar surface area (TPSA) is 133 Å². The van der Waals surface area contributed by atoms with Gasteiger partial charge in [-0.1, -0.05) is 22.0 Å². The van der Waals surface area contributed by atoms with E-state index >= 15 is 0 Å². The van der Waals surface area contributed by atoms with Gasteiger partial charge in [0.15, 0.2) is 6.61 Å². The number of benzene rings is 2. The van der Waals surface area contributed by atoms with Gasteiger partial charge in [0.05, 0.1) is 12.3 Å². The second-order valence-corrected chi connectivity index (χ2v) is 7.71. The van der Waals surface area contributed by atoms with Gasteiger partial charge in [-0.2, -0.15) is 5.10 Å². The highest BCUT2D eigenvalue weighted by Crippen LogP contribution is 2.24. The second-order valence-electron chi connectivity index (χ2n) is 6.79. The SMILES string of the molecule is Cc1ccc(OCC(=O)N/N=C/c2cc(Br)ccc2OC(=O)c2ccc([N+](=O)[O-])o2)cc1C. The lowest BCUT2D eigenvalue weighted by Crippen LogP contribution is -2.24. The standard InChI is InChI=1S/C22H18BrN3O7/c1-13-3-5-17(9-14(13)2)31-12-20(27)25-24-11-15-10-16(23)4-6-18(15)33-22(28)19-7-8-21(32-19)26(29)30/h3-11H,12H2,1-2H3,(H,25,27)/b24-11+. The summed E-state index contributed by atoms with van der Waals surface area (Å²) in [5.74, 6) is -1.65. The van der Waals surface area contributed by atoms with Gasteiger partial charge in [-0.25, -0.2) is 10.2 Å². The van der Waals surface area contributed by atoms with Crippen molar-refractivity contribution in [2.24, 2.45) is 5.10 Å². The summed E-state index contributed by atoms with van der Waals surface area (Å²) in [4.78, 5) is 34.2. The number of aryl methyl sites for hydroxylation is 2. The largest absolute Gasteiger partial charge is 0.484 e. The van der Waals surface area contributed by atoms with E-state index in [9.17, 15) is 19.7 Å². The molecule has 0 aliphatic rings. The van der Waals surface area contributed by atoms with Crippen molar-refractivity contribution in [3.8, 4) is 11.5 Å². The summed E-state index contributed by atoms with van der Waals surface area (Å²) in [6.07, 6.45) is 1.28. The van der Waals surface area contributed by atoms with Gasteiger partial charge in [0.25, 0.3) is 5.91 Å². The number of hydrogen-bond acceptors (Lipinski definition) is 8. The summed E-state index contributed by atoms with van der Waals surface area (Å²) in [7, 11) is 0. The van der Waals surface area contributed by atoms with Gasteiger partial charge in [0.2, 0.25) is 5.76 Å². The molecule has 33 heavy (non-hydrogen) atoms. The van der Waals surface area contributed by atoms with Crippen molar-refractivity contribution in [3.05, 3.63) is 85.6 Å². The zero-order valence-electron chi connectivity index (χ0n) is 17.5. The number of hydrazone groups is 1. The van der Waals surface area contributed by atoms with Crippen molar-refractivity contribution in [2.45, 2.75) is 13.8 Å². The van der Waals surface area contributed by atoms with Crippen LogP contribution in [0.2, 0.25) is 0 Å². The summed E-state index contributed by atoms with van der Waals surface area (Å²) >= 11 is 3.31. The Balaban J connectivity index is 1.62. The monoisotopic (exact) mass is 515 g/mol. The van der Waals surface area contributed by atoms with E-state index in [1.165, 1.54) is 12.3 Å². The molecule has 170 valence electrons. The molecule has 1 N–H and O–H groups in total. The third kappa shape index (κ3) is 6.50. The fraction of sp³-hybridized carbons (Fsp3) is 0.136. The maximum atomic E-state index is 12.3. The van der Waals surface area contributed by atoms with Crippen LogP contribution >= 0.6 is 15.9 Å². The molecule has 0 fully saturated rings. The predicted octanol–water partition coefficient (Wildman–Crippen LogP) is 4.32. The number of esters is 1. The Hall–Kier alpha value is -3.99. The Morgan fingerprint density at radius 1 is 1.15 bits per heavy atom. The first kappa shape index (κ1) is 23.7. The molecule has 11 heteroatoms. The number of ether oxygens (including phenoxy) is 2. The molecule has 2 aromatic carbocycles. The van der Waals surface area contributed by atoms with Crippen LogP contribution in [0.5, 0.6) is 11.5 Å². The summed E-state index contributed by atoms with van der Waals surface area (Å²) < 4.78 is 16.2. The number of carbonyl (C=O) groups is 2. The third-order valence-electron chi connectivity index (χ3n) is 4.39. The molecule has 0 saturated heterocycles. The number of hydrogen-bond donors (Lipinski definition) is 1. The highest BCUT2D eigenvalue weighted by Gasteiger charge is 2.20. The molecule has 0 radical (unpaired) electrons. The number of amides is 1. The summed E-state index contributed by atoms with van der Waals surface area (Å²) in [5.41, 5.74) is 4.85. The van der Waals surface area contributed by atoms with E-state index in [2.05, 4.69) is 26.5 Å². The molecule has 0 aliphatic heterocycles. The first-order valence-electron chi connectivity index (χ1n) is 9.51. The molecule has 1 heterocycles. The lowest BCUT2D eigenvalue weighted by Gasteiger charge is -2.08. The second kappa shape index (κ2) is 10.6. The number of nitro groups is 1. The first-order valence-corrected chi connectivity index (χ1v) is 10.3. The minimum atomic E-state index is -0.925. The zero-order valence-corrected chi connectivity index (χ0v) is 19.1. The molecule has 1 amide bonds. The quantitative estimate of drug-likeness (QED) is 0.155. The molecule has 1 aromatic heterocycles. The van der Waals surface area contributed by atoms with Crippen LogP contribution in [-0.2, 0) is 4.79 Å². The van der Waals surface area contributed by atoms with Gasteiger partial charge < -0.3 is 13.9 Å². The van der Waals surface area contributed by atoms with E-state index in [4.69, 9.17) is 13.9 Å². The van der Waals surface area contributed by atoms with E-state index in [1.54, 1.807) is 18.2 Å². The van der Waals surface area contributed by atoms with Gasteiger partial charge in [-0.3, -0.25) is 14.9 Å². The number of carbonyl (C=O) groups excluding carboxylic acids is 2. The van der Waals surface area contributed by atoms with Crippen LogP contribution in [0.1, 0.15) is 27.2 Å². The molecule has 0 unspecified atom stereocenters. The Morgan fingerprint density at radius 3 is 2.64 bits per heavy atom. The van der Waals surface area contributed by atoms with Crippen LogP contribution in [0.25, 0.3) is 0 Å². The summed E-state index contributed by atoms with van der Waals surface area (Å²) in [6, 6.07) is 12.4. The van der Waals surface area contributed by atoms with Crippen molar-refractivity contribution in [3.63, 3.8) is 0 Å². The number of nitrogens with one attached hydrogen (secondary N) is 1. The Morgan fingerprint density at radius 2 is 1.94 bits per heavy atom. The number of nitrogens with zero attached hydrogens (tertiary/aromatic N) is 2. The molecular weight excluding hydrogens is 498 g/mol. The third-order valence-corrected chi connectivity index (χ3v) is 4.88. The Bertz CT molecular complexity index is 1240. The molecule has 10 nitrogen and oxygen atoms in total. The molecular formula is C22H18BrN3O7. The van der Waals surface area contributed by atoms with E-state index in [1.807, 2.05) is 26.0 Å². The van der Waals surface area contributed by atoms with Crippen LogP contribution < -0.4 is 14.9 Å². The lowest BCUT2D eigenvalue weighted by molar-refractivity contribution is -0.402. The van der Waals surface area contributed by atoms with E-state index in [-0.39, 0.29) is 18.1 Å². The highest BCUT2D eigenvalue weighted by molar-refractivity contribution is 9.10. The summed E-state index contributed by atoms with van der Waals surface area (Å²) in [6.45, 7) is 3.69.